The Morgan fingerprint density at radius 2 is 2.19 bits per heavy atom. The summed E-state index contributed by atoms with van der Waals surface area (Å²) in [6, 6.07) is 9.94. The van der Waals surface area contributed by atoms with Gasteiger partial charge in [-0.3, -0.25) is 4.79 Å². The summed E-state index contributed by atoms with van der Waals surface area (Å²) in [7, 11) is 0. The van der Waals surface area contributed by atoms with Crippen molar-refractivity contribution in [3.05, 3.63) is 35.9 Å². The van der Waals surface area contributed by atoms with Crippen LogP contribution in [0.2, 0.25) is 0 Å². The molecule has 1 aliphatic rings. The zero-order valence-electron chi connectivity index (χ0n) is 9.37. The van der Waals surface area contributed by atoms with E-state index in [9.17, 15) is 4.79 Å². The molecule has 0 aromatic heterocycles. The molecular weight excluding hydrogens is 222 g/mol. The van der Waals surface area contributed by atoms with Crippen LogP contribution in [-0.2, 0) is 10.2 Å². The van der Waals surface area contributed by atoms with Gasteiger partial charge in [-0.2, -0.15) is 0 Å². The fraction of sp³-hybridized carbons (Fsp3) is 0.462. The molecule has 1 fully saturated rings. The van der Waals surface area contributed by atoms with Gasteiger partial charge in [-0.05, 0) is 24.8 Å². The predicted molar refractivity (Wildman–Crippen MR) is 65.6 cm³/mol. The van der Waals surface area contributed by atoms with Gasteiger partial charge in [0.05, 0.1) is 5.41 Å². The summed E-state index contributed by atoms with van der Waals surface area (Å²) in [5.41, 5.74) is 0.727. The Kier molecular flexibility index (Phi) is 3.20. The lowest BCUT2D eigenvalue weighted by atomic mass is 9.92. The number of halogens is 1. The number of likely N-dealkylation sites (N-methyl/N-ethyl adjacent to an activating group) is 1. The quantitative estimate of drug-likeness (QED) is 0.801. The zero-order chi connectivity index (χ0) is 11.6. The Morgan fingerprint density at radius 1 is 1.50 bits per heavy atom. The van der Waals surface area contributed by atoms with Gasteiger partial charge >= 0.3 is 0 Å². The van der Waals surface area contributed by atoms with Crippen molar-refractivity contribution >= 4 is 17.5 Å². The van der Waals surface area contributed by atoms with E-state index in [1.54, 1.807) is 0 Å². The van der Waals surface area contributed by atoms with Crippen molar-refractivity contribution in [2.75, 3.05) is 12.4 Å². The highest BCUT2D eigenvalue weighted by atomic mass is 35.5. The summed E-state index contributed by atoms with van der Waals surface area (Å²) in [4.78, 5) is 12.1. The van der Waals surface area contributed by atoms with Crippen molar-refractivity contribution < 1.29 is 4.79 Å². The molecule has 1 amide bonds. The number of nitrogens with one attached hydrogen (secondary N) is 1. The Balaban J connectivity index is 2.28. The van der Waals surface area contributed by atoms with Gasteiger partial charge in [0.2, 0.25) is 5.91 Å². The van der Waals surface area contributed by atoms with E-state index in [0.29, 0.717) is 12.4 Å². The number of rotatable bonds is 4. The van der Waals surface area contributed by atoms with Crippen LogP contribution in [0.5, 0.6) is 0 Å². The van der Waals surface area contributed by atoms with E-state index in [4.69, 9.17) is 11.6 Å². The molecule has 0 heterocycles. The molecule has 16 heavy (non-hydrogen) atoms. The van der Waals surface area contributed by atoms with E-state index in [0.717, 1.165) is 12.0 Å². The first-order valence-electron chi connectivity index (χ1n) is 5.65. The Hall–Kier alpha value is -1.02. The fourth-order valence-electron chi connectivity index (χ4n) is 2.33. The summed E-state index contributed by atoms with van der Waals surface area (Å²) in [6.45, 7) is 2.61. The summed E-state index contributed by atoms with van der Waals surface area (Å²) >= 11 is 5.90. The topological polar surface area (TPSA) is 29.1 Å². The first kappa shape index (κ1) is 11.5. The van der Waals surface area contributed by atoms with E-state index in [1.807, 2.05) is 37.3 Å². The highest BCUT2D eigenvalue weighted by Crippen LogP contribution is 2.54. The first-order valence-corrected chi connectivity index (χ1v) is 6.19. The van der Waals surface area contributed by atoms with E-state index in [1.165, 1.54) is 0 Å². The highest BCUT2D eigenvalue weighted by molar-refractivity contribution is 6.18. The van der Waals surface area contributed by atoms with Gasteiger partial charge in [-0.25, -0.2) is 0 Å². The van der Waals surface area contributed by atoms with Crippen LogP contribution < -0.4 is 5.32 Å². The lowest BCUT2D eigenvalue weighted by Gasteiger charge is -2.16. The number of amides is 1. The number of carbonyl (C=O) groups is 1. The number of hydrogen-bond acceptors (Lipinski definition) is 1. The van der Waals surface area contributed by atoms with Gasteiger partial charge in [0, 0.05) is 12.4 Å². The van der Waals surface area contributed by atoms with Crippen LogP contribution in [0.15, 0.2) is 30.3 Å². The molecule has 1 aromatic rings. The number of carbonyl (C=O) groups excluding carboxylic acids is 1. The largest absolute Gasteiger partial charge is 0.356 e. The molecule has 2 nitrogen and oxygen atoms in total. The molecule has 86 valence electrons. The van der Waals surface area contributed by atoms with E-state index >= 15 is 0 Å². The summed E-state index contributed by atoms with van der Waals surface area (Å²) in [6.07, 6.45) is 0.867. The second-order valence-electron chi connectivity index (χ2n) is 4.25. The van der Waals surface area contributed by atoms with Crippen LogP contribution in [0.1, 0.15) is 18.9 Å². The van der Waals surface area contributed by atoms with Crippen molar-refractivity contribution in [1.29, 1.82) is 0 Å². The van der Waals surface area contributed by atoms with Crippen molar-refractivity contribution in [1.82, 2.24) is 5.32 Å². The molecule has 2 unspecified atom stereocenters. The molecule has 1 aromatic carbocycles. The molecule has 3 heteroatoms. The molecule has 0 aliphatic heterocycles. The fourth-order valence-corrected chi connectivity index (χ4v) is 2.71. The van der Waals surface area contributed by atoms with Crippen LogP contribution in [-0.4, -0.2) is 18.3 Å². The zero-order valence-corrected chi connectivity index (χ0v) is 10.1. The van der Waals surface area contributed by atoms with Gasteiger partial charge in [0.25, 0.3) is 0 Å². The normalized spacial score (nSPS) is 27.5. The van der Waals surface area contributed by atoms with Crippen LogP contribution in [0.4, 0.5) is 0 Å². The third-order valence-electron chi connectivity index (χ3n) is 3.32. The Bertz CT molecular complexity index is 379. The molecule has 1 saturated carbocycles. The monoisotopic (exact) mass is 237 g/mol. The summed E-state index contributed by atoms with van der Waals surface area (Å²) in [5.74, 6) is 0.946. The number of benzene rings is 1. The second-order valence-corrected chi connectivity index (χ2v) is 4.56. The average molecular weight is 238 g/mol. The van der Waals surface area contributed by atoms with Crippen LogP contribution >= 0.6 is 11.6 Å². The summed E-state index contributed by atoms with van der Waals surface area (Å²) < 4.78 is 0. The van der Waals surface area contributed by atoms with Crippen molar-refractivity contribution in [3.63, 3.8) is 0 Å². The minimum atomic E-state index is -0.362. The van der Waals surface area contributed by atoms with E-state index < -0.39 is 0 Å². The molecule has 0 radical (unpaired) electrons. The van der Waals surface area contributed by atoms with Crippen LogP contribution in [0.3, 0.4) is 0 Å². The van der Waals surface area contributed by atoms with Gasteiger partial charge in [0.1, 0.15) is 0 Å². The molecule has 2 atom stereocenters. The van der Waals surface area contributed by atoms with Gasteiger partial charge in [-0.1, -0.05) is 30.3 Å². The smallest absolute Gasteiger partial charge is 0.230 e. The van der Waals surface area contributed by atoms with Crippen LogP contribution in [0, 0.1) is 5.92 Å². The van der Waals surface area contributed by atoms with Crippen molar-refractivity contribution in [2.24, 2.45) is 5.92 Å². The van der Waals surface area contributed by atoms with E-state index in [-0.39, 0.29) is 17.2 Å². The molecule has 0 spiro atoms. The van der Waals surface area contributed by atoms with Crippen LogP contribution in [0.25, 0.3) is 0 Å². The second kappa shape index (κ2) is 4.46. The van der Waals surface area contributed by atoms with E-state index in [2.05, 4.69) is 5.32 Å². The standard InChI is InChI=1S/C13H16ClNO/c1-2-15-12(16)13(8-11(13)9-14)10-6-4-3-5-7-10/h3-7,11H,2,8-9H2,1H3,(H,15,16). The third-order valence-corrected chi connectivity index (χ3v) is 3.70. The van der Waals surface area contributed by atoms with Gasteiger partial charge < -0.3 is 5.32 Å². The molecule has 1 N–H and O–H groups in total. The highest BCUT2D eigenvalue weighted by Gasteiger charge is 2.60. The lowest BCUT2D eigenvalue weighted by molar-refractivity contribution is -0.123. The maximum absolute atomic E-state index is 12.1. The maximum atomic E-state index is 12.1. The summed E-state index contributed by atoms with van der Waals surface area (Å²) in [5, 5.41) is 2.91. The lowest BCUT2D eigenvalue weighted by Crippen LogP contribution is -2.36. The molecule has 0 bridgehead atoms. The maximum Gasteiger partial charge on any atom is 0.230 e. The first-order chi connectivity index (χ1) is 7.75. The SMILES string of the molecule is CCNC(=O)C1(c2ccccc2)CC1CCl. The molecule has 2 rings (SSSR count). The minimum Gasteiger partial charge on any atom is -0.356 e. The Labute approximate surface area is 101 Å². The molecule has 1 aliphatic carbocycles. The number of alkyl halides is 1. The van der Waals surface area contributed by atoms with Crippen molar-refractivity contribution in [2.45, 2.75) is 18.8 Å². The predicted octanol–water partition coefficient (Wildman–Crippen LogP) is 2.32. The Morgan fingerprint density at radius 3 is 2.69 bits per heavy atom. The van der Waals surface area contributed by atoms with Gasteiger partial charge in [0.15, 0.2) is 0 Å². The van der Waals surface area contributed by atoms with Crippen molar-refractivity contribution in [3.8, 4) is 0 Å². The molecule has 0 saturated heterocycles. The third kappa shape index (κ3) is 1.71. The minimum absolute atomic E-state index is 0.117. The molecular formula is C13H16ClNO. The number of hydrogen-bond donors (Lipinski definition) is 1. The van der Waals surface area contributed by atoms with Gasteiger partial charge in [-0.15, -0.1) is 11.6 Å². The average Bonchev–Trinajstić information content (AvgIpc) is 3.06.